The Hall–Kier alpha value is 0.310. The maximum absolute atomic E-state index is 4.23. The molecule has 0 aromatic heterocycles. The van der Waals surface area contributed by atoms with Gasteiger partial charge >= 0.3 is 0 Å². The molecule has 0 aliphatic rings. The average molecular weight is 175 g/mol. The highest BCUT2D eigenvalue weighted by Gasteiger charge is 1.96. The van der Waals surface area contributed by atoms with Gasteiger partial charge in [-0.15, -0.1) is 0 Å². The van der Waals surface area contributed by atoms with E-state index < -0.39 is 0 Å². The second-order valence-corrected chi connectivity index (χ2v) is 3.55. The first-order valence-corrected chi connectivity index (χ1v) is 5.26. The quantitative estimate of drug-likeness (QED) is 0.447. The minimum absolute atomic E-state index is 0.757. The Morgan fingerprint density at radius 1 is 1.36 bits per heavy atom. The summed E-state index contributed by atoms with van der Waals surface area (Å²) in [6.45, 7) is 6.80. The van der Waals surface area contributed by atoms with Crippen molar-refractivity contribution in [3.05, 3.63) is 0 Å². The standard InChI is InChI=1S/C9H21NS/c1-3-4-6-10-7-5-9(2)8-11/h9-11H,3-8H2,1-2H3. The van der Waals surface area contributed by atoms with Crippen molar-refractivity contribution in [2.24, 2.45) is 5.92 Å². The third kappa shape index (κ3) is 8.21. The number of nitrogens with one attached hydrogen (secondary N) is 1. The number of hydrogen-bond acceptors (Lipinski definition) is 2. The first kappa shape index (κ1) is 11.3. The molecule has 0 spiro atoms. The van der Waals surface area contributed by atoms with Crippen LogP contribution in [-0.2, 0) is 0 Å². The zero-order valence-electron chi connectivity index (χ0n) is 7.77. The minimum Gasteiger partial charge on any atom is -0.317 e. The van der Waals surface area contributed by atoms with Crippen LogP contribution in [-0.4, -0.2) is 18.8 Å². The lowest BCUT2D eigenvalue weighted by molar-refractivity contribution is 0.537. The van der Waals surface area contributed by atoms with Crippen LogP contribution in [0.25, 0.3) is 0 Å². The third-order valence-corrected chi connectivity index (χ3v) is 2.46. The molecule has 1 N–H and O–H groups in total. The van der Waals surface area contributed by atoms with Crippen molar-refractivity contribution >= 4 is 12.6 Å². The molecule has 0 bridgehead atoms. The monoisotopic (exact) mass is 175 g/mol. The van der Waals surface area contributed by atoms with E-state index in [1.807, 2.05) is 0 Å². The molecule has 0 aromatic carbocycles. The summed E-state index contributed by atoms with van der Waals surface area (Å²) in [5.74, 6) is 1.77. The molecule has 2 heteroatoms. The molecule has 1 nitrogen and oxygen atoms in total. The van der Waals surface area contributed by atoms with E-state index in [2.05, 4.69) is 31.8 Å². The Bertz CT molecular complexity index is 76.0. The summed E-state index contributed by atoms with van der Waals surface area (Å²) >= 11 is 4.23. The highest BCUT2D eigenvalue weighted by atomic mass is 32.1. The van der Waals surface area contributed by atoms with Crippen molar-refractivity contribution in [2.75, 3.05) is 18.8 Å². The maximum Gasteiger partial charge on any atom is -0.00461 e. The van der Waals surface area contributed by atoms with Crippen LogP contribution in [0.5, 0.6) is 0 Å². The molecule has 0 saturated heterocycles. The second kappa shape index (κ2) is 8.41. The number of thiol groups is 1. The SMILES string of the molecule is CCCCNCCC(C)CS. The lowest BCUT2D eigenvalue weighted by Crippen LogP contribution is -2.18. The van der Waals surface area contributed by atoms with E-state index in [-0.39, 0.29) is 0 Å². The third-order valence-electron chi connectivity index (χ3n) is 1.83. The number of rotatable bonds is 7. The number of hydrogen-bond donors (Lipinski definition) is 2. The highest BCUT2D eigenvalue weighted by Crippen LogP contribution is 2.01. The van der Waals surface area contributed by atoms with Gasteiger partial charge in [-0.1, -0.05) is 20.3 Å². The Morgan fingerprint density at radius 3 is 2.64 bits per heavy atom. The van der Waals surface area contributed by atoms with Crippen molar-refractivity contribution in [3.8, 4) is 0 Å². The van der Waals surface area contributed by atoms with Gasteiger partial charge in [0.1, 0.15) is 0 Å². The van der Waals surface area contributed by atoms with Crippen LogP contribution in [0.4, 0.5) is 0 Å². The normalized spacial score (nSPS) is 13.4. The summed E-state index contributed by atoms with van der Waals surface area (Å²) < 4.78 is 0. The van der Waals surface area contributed by atoms with E-state index in [1.165, 1.54) is 25.8 Å². The van der Waals surface area contributed by atoms with Crippen molar-refractivity contribution < 1.29 is 0 Å². The van der Waals surface area contributed by atoms with E-state index in [4.69, 9.17) is 0 Å². The van der Waals surface area contributed by atoms with Gasteiger partial charge in [0.2, 0.25) is 0 Å². The average Bonchev–Trinajstić information content (AvgIpc) is 2.04. The molecule has 0 aliphatic carbocycles. The van der Waals surface area contributed by atoms with Gasteiger partial charge in [0, 0.05) is 0 Å². The maximum atomic E-state index is 4.23. The van der Waals surface area contributed by atoms with Crippen LogP contribution in [0, 0.1) is 5.92 Å². The lowest BCUT2D eigenvalue weighted by Gasteiger charge is -2.07. The highest BCUT2D eigenvalue weighted by molar-refractivity contribution is 7.80. The fourth-order valence-electron chi connectivity index (χ4n) is 0.867. The molecular formula is C9H21NS. The zero-order chi connectivity index (χ0) is 8.53. The van der Waals surface area contributed by atoms with Gasteiger partial charge in [0.15, 0.2) is 0 Å². The molecule has 0 saturated carbocycles. The zero-order valence-corrected chi connectivity index (χ0v) is 8.66. The fourth-order valence-corrected chi connectivity index (χ4v) is 1.05. The Labute approximate surface area is 76.4 Å². The van der Waals surface area contributed by atoms with E-state index >= 15 is 0 Å². The van der Waals surface area contributed by atoms with E-state index in [1.54, 1.807) is 0 Å². The molecule has 1 atom stereocenters. The predicted octanol–water partition coefficient (Wildman–Crippen LogP) is 2.33. The molecule has 0 aliphatic heterocycles. The van der Waals surface area contributed by atoms with Crippen LogP contribution in [0.1, 0.15) is 33.1 Å². The van der Waals surface area contributed by atoms with Crippen molar-refractivity contribution in [2.45, 2.75) is 33.1 Å². The summed E-state index contributed by atoms with van der Waals surface area (Å²) in [5, 5.41) is 3.42. The molecule has 68 valence electrons. The van der Waals surface area contributed by atoms with Gasteiger partial charge < -0.3 is 5.32 Å². The van der Waals surface area contributed by atoms with Gasteiger partial charge in [-0.05, 0) is 37.6 Å². The van der Waals surface area contributed by atoms with Crippen molar-refractivity contribution in [3.63, 3.8) is 0 Å². The van der Waals surface area contributed by atoms with Gasteiger partial charge in [0.25, 0.3) is 0 Å². The molecule has 0 radical (unpaired) electrons. The van der Waals surface area contributed by atoms with Gasteiger partial charge in [-0.3, -0.25) is 0 Å². The fraction of sp³-hybridized carbons (Fsp3) is 1.00. The minimum atomic E-state index is 0.757. The topological polar surface area (TPSA) is 12.0 Å². The van der Waals surface area contributed by atoms with Gasteiger partial charge in [-0.25, -0.2) is 0 Å². The largest absolute Gasteiger partial charge is 0.317 e. The first-order chi connectivity index (χ1) is 5.31. The molecule has 0 fully saturated rings. The van der Waals surface area contributed by atoms with E-state index in [9.17, 15) is 0 Å². The van der Waals surface area contributed by atoms with Crippen molar-refractivity contribution in [1.82, 2.24) is 5.32 Å². The van der Waals surface area contributed by atoms with Gasteiger partial charge in [0.05, 0.1) is 0 Å². The second-order valence-electron chi connectivity index (χ2n) is 3.18. The lowest BCUT2D eigenvalue weighted by atomic mass is 10.1. The van der Waals surface area contributed by atoms with E-state index in [0.717, 1.165) is 18.2 Å². The van der Waals surface area contributed by atoms with Crippen LogP contribution in [0.2, 0.25) is 0 Å². The van der Waals surface area contributed by atoms with Crippen LogP contribution < -0.4 is 5.32 Å². The molecular weight excluding hydrogens is 154 g/mol. The number of unbranched alkanes of at least 4 members (excludes halogenated alkanes) is 1. The molecule has 0 heterocycles. The molecule has 0 aromatic rings. The molecule has 1 unspecified atom stereocenters. The Kier molecular flexibility index (Phi) is 8.64. The Balaban J connectivity index is 2.89. The summed E-state index contributed by atoms with van der Waals surface area (Å²) in [7, 11) is 0. The molecule has 0 rings (SSSR count). The van der Waals surface area contributed by atoms with Gasteiger partial charge in [-0.2, -0.15) is 12.6 Å². The van der Waals surface area contributed by atoms with Crippen molar-refractivity contribution in [1.29, 1.82) is 0 Å². The summed E-state index contributed by atoms with van der Waals surface area (Å²) in [5.41, 5.74) is 0. The Morgan fingerprint density at radius 2 is 2.09 bits per heavy atom. The first-order valence-electron chi connectivity index (χ1n) is 4.62. The van der Waals surface area contributed by atoms with Crippen LogP contribution in [0.15, 0.2) is 0 Å². The smallest absolute Gasteiger partial charge is 0.00461 e. The summed E-state index contributed by atoms with van der Waals surface area (Å²) in [6, 6.07) is 0. The predicted molar refractivity (Wildman–Crippen MR) is 55.4 cm³/mol. The van der Waals surface area contributed by atoms with Crippen LogP contribution >= 0.6 is 12.6 Å². The molecule has 11 heavy (non-hydrogen) atoms. The van der Waals surface area contributed by atoms with E-state index in [0.29, 0.717) is 0 Å². The summed E-state index contributed by atoms with van der Waals surface area (Å²) in [6.07, 6.45) is 3.84. The van der Waals surface area contributed by atoms with Crippen LogP contribution in [0.3, 0.4) is 0 Å². The molecule has 0 amide bonds. The summed E-state index contributed by atoms with van der Waals surface area (Å²) in [4.78, 5) is 0.